The molecule has 1 unspecified atom stereocenters. The van der Waals surface area contributed by atoms with Gasteiger partial charge in [-0.05, 0) is 25.7 Å². The molecule has 1 spiro atoms. The van der Waals surface area contributed by atoms with Gasteiger partial charge in [0.25, 0.3) is 0 Å². The number of esters is 1. The molecule has 0 bridgehead atoms. The quantitative estimate of drug-likeness (QED) is 0.652. The van der Waals surface area contributed by atoms with Gasteiger partial charge in [-0.15, -0.1) is 12.4 Å². The van der Waals surface area contributed by atoms with Gasteiger partial charge in [-0.2, -0.15) is 0 Å². The summed E-state index contributed by atoms with van der Waals surface area (Å²) in [6.07, 6.45) is 4.77. The summed E-state index contributed by atoms with van der Waals surface area (Å²) in [5, 5.41) is 3.43. The Labute approximate surface area is 84.6 Å². The standard InChI is InChI=1S/C9H15NO2.ClH/c1-12-8(11)7-5-9(10-6-7)3-2-4-9;/h7,10H,2-6H2,1H3;1H. The summed E-state index contributed by atoms with van der Waals surface area (Å²) in [5.41, 5.74) is 0.318. The second kappa shape index (κ2) is 3.84. The summed E-state index contributed by atoms with van der Waals surface area (Å²) in [4.78, 5) is 11.2. The van der Waals surface area contributed by atoms with Crippen molar-refractivity contribution in [1.82, 2.24) is 5.32 Å². The van der Waals surface area contributed by atoms with E-state index in [0.29, 0.717) is 5.54 Å². The van der Waals surface area contributed by atoms with E-state index in [0.717, 1.165) is 13.0 Å². The minimum Gasteiger partial charge on any atom is -0.469 e. The van der Waals surface area contributed by atoms with Crippen molar-refractivity contribution in [3.05, 3.63) is 0 Å². The normalized spacial score (nSPS) is 29.2. The lowest BCUT2D eigenvalue weighted by molar-refractivity contribution is -0.144. The first kappa shape index (κ1) is 10.8. The molecule has 76 valence electrons. The average molecular weight is 206 g/mol. The third kappa shape index (κ3) is 1.81. The van der Waals surface area contributed by atoms with E-state index in [9.17, 15) is 4.79 Å². The van der Waals surface area contributed by atoms with Crippen molar-refractivity contribution in [1.29, 1.82) is 0 Å². The molecular formula is C9H16ClNO2. The zero-order chi connectivity index (χ0) is 8.60. The van der Waals surface area contributed by atoms with Crippen LogP contribution in [0.4, 0.5) is 0 Å². The predicted molar refractivity (Wildman–Crippen MR) is 52.0 cm³/mol. The zero-order valence-electron chi connectivity index (χ0n) is 7.84. The Morgan fingerprint density at radius 2 is 2.23 bits per heavy atom. The van der Waals surface area contributed by atoms with Gasteiger partial charge >= 0.3 is 5.97 Å². The lowest BCUT2D eigenvalue weighted by Crippen LogP contribution is -2.45. The van der Waals surface area contributed by atoms with Crippen LogP contribution in [0.2, 0.25) is 0 Å². The third-order valence-electron chi connectivity index (χ3n) is 3.21. The maximum Gasteiger partial charge on any atom is 0.310 e. The van der Waals surface area contributed by atoms with E-state index in [2.05, 4.69) is 5.32 Å². The number of carbonyl (C=O) groups excluding carboxylic acids is 1. The molecule has 0 aromatic heterocycles. The average Bonchev–Trinajstić information content (AvgIpc) is 2.46. The minimum absolute atomic E-state index is 0. The van der Waals surface area contributed by atoms with E-state index in [-0.39, 0.29) is 24.3 Å². The van der Waals surface area contributed by atoms with Crippen molar-refractivity contribution < 1.29 is 9.53 Å². The highest BCUT2D eigenvalue weighted by molar-refractivity contribution is 5.85. The molecule has 1 saturated heterocycles. The first-order valence-corrected chi connectivity index (χ1v) is 4.59. The Morgan fingerprint density at radius 1 is 1.54 bits per heavy atom. The third-order valence-corrected chi connectivity index (χ3v) is 3.21. The van der Waals surface area contributed by atoms with E-state index in [1.165, 1.54) is 26.4 Å². The molecule has 0 radical (unpaired) electrons. The number of rotatable bonds is 1. The fourth-order valence-corrected chi connectivity index (χ4v) is 2.27. The molecule has 1 aliphatic heterocycles. The molecular weight excluding hydrogens is 190 g/mol. The maximum atomic E-state index is 11.2. The number of halogens is 1. The monoisotopic (exact) mass is 205 g/mol. The number of carbonyl (C=O) groups is 1. The molecule has 1 saturated carbocycles. The van der Waals surface area contributed by atoms with Gasteiger partial charge in [0.15, 0.2) is 0 Å². The van der Waals surface area contributed by atoms with E-state index < -0.39 is 0 Å². The van der Waals surface area contributed by atoms with Crippen molar-refractivity contribution in [3.63, 3.8) is 0 Å². The summed E-state index contributed by atoms with van der Waals surface area (Å²) in [5.74, 6) is 0.0570. The van der Waals surface area contributed by atoms with Crippen LogP contribution in [0.1, 0.15) is 25.7 Å². The van der Waals surface area contributed by atoms with Crippen LogP contribution >= 0.6 is 12.4 Å². The van der Waals surface area contributed by atoms with Crippen molar-refractivity contribution in [2.24, 2.45) is 5.92 Å². The van der Waals surface area contributed by atoms with Gasteiger partial charge in [0.05, 0.1) is 13.0 Å². The van der Waals surface area contributed by atoms with E-state index >= 15 is 0 Å². The molecule has 2 aliphatic rings. The fourth-order valence-electron chi connectivity index (χ4n) is 2.27. The van der Waals surface area contributed by atoms with Gasteiger partial charge in [-0.1, -0.05) is 0 Å². The largest absolute Gasteiger partial charge is 0.469 e. The van der Waals surface area contributed by atoms with Gasteiger partial charge in [-0.3, -0.25) is 4.79 Å². The molecule has 1 heterocycles. The van der Waals surface area contributed by atoms with Gasteiger partial charge in [-0.25, -0.2) is 0 Å². The molecule has 13 heavy (non-hydrogen) atoms. The van der Waals surface area contributed by atoms with Crippen LogP contribution in [-0.2, 0) is 9.53 Å². The van der Waals surface area contributed by atoms with Crippen molar-refractivity contribution in [3.8, 4) is 0 Å². The van der Waals surface area contributed by atoms with Gasteiger partial charge in [0.1, 0.15) is 0 Å². The predicted octanol–water partition coefficient (Wildman–Crippen LogP) is 1.11. The molecule has 2 rings (SSSR count). The second-order valence-corrected chi connectivity index (χ2v) is 3.94. The summed E-state index contributed by atoms with van der Waals surface area (Å²) in [6, 6.07) is 0. The lowest BCUT2D eigenvalue weighted by atomic mass is 9.74. The molecule has 1 aliphatic carbocycles. The molecule has 0 aromatic rings. The van der Waals surface area contributed by atoms with Gasteiger partial charge < -0.3 is 10.1 Å². The number of methoxy groups -OCH3 is 1. The lowest BCUT2D eigenvalue weighted by Gasteiger charge is -2.38. The van der Waals surface area contributed by atoms with Crippen LogP contribution in [0.3, 0.4) is 0 Å². The topological polar surface area (TPSA) is 38.3 Å². The van der Waals surface area contributed by atoms with Crippen LogP contribution in [-0.4, -0.2) is 25.2 Å². The highest BCUT2D eigenvalue weighted by Crippen LogP contribution is 2.41. The summed E-state index contributed by atoms with van der Waals surface area (Å²) < 4.78 is 4.72. The molecule has 2 fully saturated rings. The maximum absolute atomic E-state index is 11.2. The van der Waals surface area contributed by atoms with E-state index in [4.69, 9.17) is 4.74 Å². The highest BCUT2D eigenvalue weighted by atomic mass is 35.5. The zero-order valence-corrected chi connectivity index (χ0v) is 8.65. The molecule has 4 heteroatoms. The Bertz CT molecular complexity index is 204. The Balaban J connectivity index is 0.000000845. The fraction of sp³-hybridized carbons (Fsp3) is 0.889. The Kier molecular flexibility index (Phi) is 3.19. The van der Waals surface area contributed by atoms with E-state index in [1.807, 2.05) is 0 Å². The smallest absolute Gasteiger partial charge is 0.310 e. The highest BCUT2D eigenvalue weighted by Gasteiger charge is 2.45. The Morgan fingerprint density at radius 3 is 2.62 bits per heavy atom. The van der Waals surface area contributed by atoms with Crippen LogP contribution in [0, 0.1) is 5.92 Å². The molecule has 1 N–H and O–H groups in total. The number of ether oxygens (including phenoxy) is 1. The van der Waals surface area contributed by atoms with Crippen LogP contribution < -0.4 is 5.32 Å². The van der Waals surface area contributed by atoms with Gasteiger partial charge in [0, 0.05) is 12.1 Å². The molecule has 0 amide bonds. The van der Waals surface area contributed by atoms with E-state index in [1.54, 1.807) is 0 Å². The van der Waals surface area contributed by atoms with Crippen molar-refractivity contribution in [2.45, 2.75) is 31.2 Å². The SMILES string of the molecule is COC(=O)C1CNC2(CCC2)C1.Cl. The summed E-state index contributed by atoms with van der Waals surface area (Å²) >= 11 is 0. The first-order valence-electron chi connectivity index (χ1n) is 4.59. The molecule has 0 aromatic carbocycles. The number of hydrogen-bond donors (Lipinski definition) is 1. The number of hydrogen-bond acceptors (Lipinski definition) is 3. The second-order valence-electron chi connectivity index (χ2n) is 3.94. The molecule has 1 atom stereocenters. The number of nitrogens with one attached hydrogen (secondary N) is 1. The van der Waals surface area contributed by atoms with Crippen LogP contribution in [0.15, 0.2) is 0 Å². The first-order chi connectivity index (χ1) is 5.76. The van der Waals surface area contributed by atoms with Crippen LogP contribution in [0.25, 0.3) is 0 Å². The minimum atomic E-state index is -0.0497. The van der Waals surface area contributed by atoms with Gasteiger partial charge in [0.2, 0.25) is 0 Å². The Hall–Kier alpha value is -0.280. The van der Waals surface area contributed by atoms with Crippen molar-refractivity contribution >= 4 is 18.4 Å². The molecule has 3 nitrogen and oxygen atoms in total. The summed E-state index contributed by atoms with van der Waals surface area (Å²) in [6.45, 7) is 0.812. The van der Waals surface area contributed by atoms with Crippen molar-refractivity contribution in [2.75, 3.05) is 13.7 Å². The van der Waals surface area contributed by atoms with Crippen LogP contribution in [0.5, 0.6) is 0 Å². The summed E-state index contributed by atoms with van der Waals surface area (Å²) in [7, 11) is 1.47.